The topological polar surface area (TPSA) is 80.0 Å². The average Bonchev–Trinajstić information content (AvgIpc) is 3.03. The fraction of sp³-hybridized carbons (Fsp3) is 0.471. The number of benzene rings is 1. The molecule has 0 aliphatic heterocycles. The molecule has 0 aliphatic carbocycles. The van der Waals surface area contributed by atoms with Crippen molar-refractivity contribution in [3.05, 3.63) is 36.0 Å². The van der Waals surface area contributed by atoms with Gasteiger partial charge < -0.3 is 15.2 Å². The summed E-state index contributed by atoms with van der Waals surface area (Å²) in [4.78, 5) is 16.0. The van der Waals surface area contributed by atoms with Crippen molar-refractivity contribution >= 4 is 5.91 Å². The van der Waals surface area contributed by atoms with Crippen LogP contribution in [0.5, 0.6) is 0 Å². The molecule has 0 spiro atoms. The summed E-state index contributed by atoms with van der Waals surface area (Å²) in [6.07, 6.45) is 1.57. The number of halogens is 1. The minimum Gasteiger partial charge on any atom is -0.355 e. The highest BCUT2D eigenvalue weighted by Crippen LogP contribution is 2.16. The smallest absolute Gasteiger partial charge is 0.226 e. The molecule has 1 aromatic carbocycles. The van der Waals surface area contributed by atoms with Gasteiger partial charge in [-0.25, -0.2) is 4.39 Å². The molecule has 0 unspecified atom stereocenters. The molecule has 130 valence electrons. The molecule has 0 fully saturated rings. The minimum atomic E-state index is -0.308. The van der Waals surface area contributed by atoms with E-state index in [1.807, 2.05) is 13.8 Å². The maximum Gasteiger partial charge on any atom is 0.226 e. The first-order valence-corrected chi connectivity index (χ1v) is 8.17. The van der Waals surface area contributed by atoms with Crippen molar-refractivity contribution in [3.8, 4) is 11.4 Å². The van der Waals surface area contributed by atoms with Gasteiger partial charge in [-0.1, -0.05) is 12.1 Å². The minimum absolute atomic E-state index is 0.0121. The van der Waals surface area contributed by atoms with Crippen molar-refractivity contribution in [1.29, 1.82) is 0 Å². The normalized spacial score (nSPS) is 12.1. The Morgan fingerprint density at radius 1 is 1.33 bits per heavy atom. The Labute approximate surface area is 140 Å². The number of nitrogens with zero attached hydrogens (tertiary/aromatic N) is 2. The number of amides is 1. The zero-order chi connectivity index (χ0) is 17.4. The monoisotopic (exact) mass is 334 g/mol. The Morgan fingerprint density at radius 2 is 2.08 bits per heavy atom. The summed E-state index contributed by atoms with van der Waals surface area (Å²) in [5, 5.41) is 10.00. The Balaban J connectivity index is 1.73. The standard InChI is InChI=1S/C17H23FN4O2/c1-3-19-12(2)11-20-15(23)5-4-6-16-21-17(22-24-16)13-7-9-14(18)10-8-13/h7-10,12,19H,3-6,11H2,1-2H3,(H,20,23)/t12-/m1/s1. The Bertz CT molecular complexity index is 642. The third-order valence-corrected chi connectivity index (χ3v) is 3.52. The van der Waals surface area contributed by atoms with Crippen molar-refractivity contribution in [2.75, 3.05) is 13.1 Å². The molecule has 2 rings (SSSR count). The highest BCUT2D eigenvalue weighted by Gasteiger charge is 2.10. The lowest BCUT2D eigenvalue weighted by Crippen LogP contribution is -2.38. The van der Waals surface area contributed by atoms with Crippen molar-refractivity contribution in [2.45, 2.75) is 39.2 Å². The summed E-state index contributed by atoms with van der Waals surface area (Å²) in [5.74, 6) is 0.604. The molecule has 24 heavy (non-hydrogen) atoms. The van der Waals surface area contributed by atoms with E-state index in [0.29, 0.717) is 43.1 Å². The molecule has 6 nitrogen and oxygen atoms in total. The van der Waals surface area contributed by atoms with E-state index in [9.17, 15) is 9.18 Å². The van der Waals surface area contributed by atoms with Gasteiger partial charge in [0.15, 0.2) is 0 Å². The van der Waals surface area contributed by atoms with Crippen LogP contribution in [0.1, 0.15) is 32.6 Å². The van der Waals surface area contributed by atoms with Crippen LogP contribution in [0.25, 0.3) is 11.4 Å². The second-order valence-electron chi connectivity index (χ2n) is 5.63. The molecule has 0 bridgehead atoms. The number of aromatic nitrogens is 2. The number of hydrogen-bond donors (Lipinski definition) is 2. The van der Waals surface area contributed by atoms with E-state index in [1.54, 1.807) is 12.1 Å². The number of carbonyl (C=O) groups is 1. The molecule has 7 heteroatoms. The second kappa shape index (κ2) is 9.12. The van der Waals surface area contributed by atoms with Crippen LogP contribution in [0, 0.1) is 5.82 Å². The molecule has 0 aliphatic rings. The van der Waals surface area contributed by atoms with Crippen molar-refractivity contribution < 1.29 is 13.7 Å². The number of nitrogens with one attached hydrogen (secondary N) is 2. The second-order valence-corrected chi connectivity index (χ2v) is 5.63. The van der Waals surface area contributed by atoms with Gasteiger partial charge in [0.05, 0.1) is 0 Å². The van der Waals surface area contributed by atoms with Crippen molar-refractivity contribution in [1.82, 2.24) is 20.8 Å². The van der Waals surface area contributed by atoms with Crippen LogP contribution < -0.4 is 10.6 Å². The molecule has 0 saturated heterocycles. The first kappa shape index (κ1) is 18.1. The molecule has 2 aromatic rings. The van der Waals surface area contributed by atoms with E-state index in [-0.39, 0.29) is 17.8 Å². The van der Waals surface area contributed by atoms with Gasteiger partial charge in [0, 0.05) is 31.0 Å². The van der Waals surface area contributed by atoms with Gasteiger partial charge in [0.25, 0.3) is 0 Å². The lowest BCUT2D eigenvalue weighted by molar-refractivity contribution is -0.121. The van der Waals surface area contributed by atoms with Crippen LogP contribution in [0.4, 0.5) is 4.39 Å². The molecule has 1 aromatic heterocycles. The molecular weight excluding hydrogens is 311 g/mol. The molecule has 0 radical (unpaired) electrons. The Morgan fingerprint density at radius 3 is 2.79 bits per heavy atom. The summed E-state index contributed by atoms with van der Waals surface area (Å²) < 4.78 is 18.1. The fourth-order valence-corrected chi connectivity index (χ4v) is 2.25. The van der Waals surface area contributed by atoms with Crippen LogP contribution in [0.2, 0.25) is 0 Å². The summed E-state index contributed by atoms with van der Waals surface area (Å²) in [6.45, 7) is 5.55. The maximum absolute atomic E-state index is 12.9. The Kier molecular flexibility index (Phi) is 6.87. The third-order valence-electron chi connectivity index (χ3n) is 3.52. The van der Waals surface area contributed by atoms with Crippen LogP contribution in [0.3, 0.4) is 0 Å². The first-order valence-electron chi connectivity index (χ1n) is 8.17. The van der Waals surface area contributed by atoms with Crippen LogP contribution in [-0.4, -0.2) is 35.2 Å². The zero-order valence-electron chi connectivity index (χ0n) is 14.0. The number of hydrogen-bond acceptors (Lipinski definition) is 5. The Hall–Kier alpha value is -2.28. The largest absolute Gasteiger partial charge is 0.355 e. The summed E-state index contributed by atoms with van der Waals surface area (Å²) in [6, 6.07) is 6.16. The predicted octanol–water partition coefficient (Wildman–Crippen LogP) is 2.31. The van der Waals surface area contributed by atoms with E-state index in [0.717, 1.165) is 6.54 Å². The van der Waals surface area contributed by atoms with E-state index in [1.165, 1.54) is 12.1 Å². The fourth-order valence-electron chi connectivity index (χ4n) is 2.25. The first-order chi connectivity index (χ1) is 11.6. The summed E-state index contributed by atoms with van der Waals surface area (Å²) in [5.41, 5.74) is 0.696. The highest BCUT2D eigenvalue weighted by atomic mass is 19.1. The van der Waals surface area contributed by atoms with Crippen molar-refractivity contribution in [2.24, 2.45) is 0 Å². The average molecular weight is 334 g/mol. The van der Waals surface area contributed by atoms with Crippen LogP contribution in [0.15, 0.2) is 28.8 Å². The zero-order valence-corrected chi connectivity index (χ0v) is 14.0. The van der Waals surface area contributed by atoms with E-state index < -0.39 is 0 Å². The number of likely N-dealkylation sites (N-methyl/N-ethyl adjacent to an activating group) is 1. The number of rotatable bonds is 9. The molecule has 1 amide bonds. The van der Waals surface area contributed by atoms with E-state index in [2.05, 4.69) is 20.8 Å². The van der Waals surface area contributed by atoms with Crippen LogP contribution in [-0.2, 0) is 11.2 Å². The predicted molar refractivity (Wildman–Crippen MR) is 88.8 cm³/mol. The number of carbonyl (C=O) groups excluding carboxylic acids is 1. The maximum atomic E-state index is 12.9. The van der Waals surface area contributed by atoms with Gasteiger partial charge in [-0.05, 0) is 44.2 Å². The quantitative estimate of drug-likeness (QED) is 0.735. The third kappa shape index (κ3) is 5.73. The SMILES string of the molecule is CCN[C@H](C)CNC(=O)CCCc1nc(-c2ccc(F)cc2)no1. The van der Waals surface area contributed by atoms with Gasteiger partial charge in [0.1, 0.15) is 5.82 Å². The van der Waals surface area contributed by atoms with E-state index in [4.69, 9.17) is 4.52 Å². The highest BCUT2D eigenvalue weighted by molar-refractivity contribution is 5.75. The van der Waals surface area contributed by atoms with Gasteiger partial charge in [-0.15, -0.1) is 0 Å². The summed E-state index contributed by atoms with van der Waals surface area (Å²) in [7, 11) is 0. The summed E-state index contributed by atoms with van der Waals surface area (Å²) >= 11 is 0. The van der Waals surface area contributed by atoms with Gasteiger partial charge >= 0.3 is 0 Å². The molecular formula is C17H23FN4O2. The van der Waals surface area contributed by atoms with Gasteiger partial charge in [-0.3, -0.25) is 4.79 Å². The van der Waals surface area contributed by atoms with E-state index >= 15 is 0 Å². The lowest BCUT2D eigenvalue weighted by atomic mass is 10.2. The molecule has 1 heterocycles. The van der Waals surface area contributed by atoms with Gasteiger partial charge in [-0.2, -0.15) is 4.98 Å². The lowest BCUT2D eigenvalue weighted by Gasteiger charge is -2.12. The molecule has 0 saturated carbocycles. The van der Waals surface area contributed by atoms with Crippen LogP contribution >= 0.6 is 0 Å². The molecule has 2 N–H and O–H groups in total. The van der Waals surface area contributed by atoms with Crippen molar-refractivity contribution in [3.63, 3.8) is 0 Å². The number of aryl methyl sites for hydroxylation is 1. The molecule has 1 atom stereocenters. The van der Waals surface area contributed by atoms with Gasteiger partial charge in [0.2, 0.25) is 17.6 Å².